The summed E-state index contributed by atoms with van der Waals surface area (Å²) in [6, 6.07) is 16.3. The van der Waals surface area contributed by atoms with Crippen molar-refractivity contribution < 1.29 is 13.9 Å². The summed E-state index contributed by atoms with van der Waals surface area (Å²) in [6.07, 6.45) is 0. The molecule has 0 aliphatic carbocycles. The van der Waals surface area contributed by atoms with Crippen LogP contribution in [-0.4, -0.2) is 10.9 Å². The molecule has 3 aromatic rings. The Labute approximate surface area is 133 Å². The molecule has 1 amide bonds. The van der Waals surface area contributed by atoms with E-state index >= 15 is 0 Å². The van der Waals surface area contributed by atoms with Crippen LogP contribution in [0, 0.1) is 6.92 Å². The molecular weight excluding hydrogens is 292 g/mol. The monoisotopic (exact) mass is 308 g/mol. The number of oxazole rings is 1. The molecule has 2 N–H and O–H groups in total. The summed E-state index contributed by atoms with van der Waals surface area (Å²) < 4.78 is 11.4. The van der Waals surface area contributed by atoms with Crippen molar-refractivity contribution in [2.24, 2.45) is 5.73 Å². The average molecular weight is 308 g/mol. The van der Waals surface area contributed by atoms with Crippen molar-refractivity contribution in [1.82, 2.24) is 4.98 Å². The standard InChI is InChI=1S/C18H16N2O3/c1-12-16(23-18(20-12)14-5-3-2-4-6-14)11-22-15-9-7-13(8-10-15)17(19)21/h2-10H,11H2,1H3,(H2,19,21). The smallest absolute Gasteiger partial charge is 0.248 e. The van der Waals surface area contributed by atoms with Gasteiger partial charge in [-0.3, -0.25) is 4.79 Å². The van der Waals surface area contributed by atoms with E-state index in [4.69, 9.17) is 14.9 Å². The summed E-state index contributed by atoms with van der Waals surface area (Å²) in [7, 11) is 0. The predicted molar refractivity (Wildman–Crippen MR) is 86.0 cm³/mol. The molecule has 1 aromatic heterocycles. The van der Waals surface area contributed by atoms with Gasteiger partial charge in [0.2, 0.25) is 11.8 Å². The molecule has 0 atom stereocenters. The molecule has 0 saturated carbocycles. The highest BCUT2D eigenvalue weighted by molar-refractivity contribution is 5.92. The van der Waals surface area contributed by atoms with Crippen LogP contribution in [0.3, 0.4) is 0 Å². The zero-order valence-electron chi connectivity index (χ0n) is 12.7. The number of amides is 1. The van der Waals surface area contributed by atoms with Gasteiger partial charge < -0.3 is 14.9 Å². The van der Waals surface area contributed by atoms with Gasteiger partial charge in [0, 0.05) is 11.1 Å². The van der Waals surface area contributed by atoms with Gasteiger partial charge in [-0.25, -0.2) is 4.98 Å². The first-order chi connectivity index (χ1) is 11.1. The molecule has 0 aliphatic rings. The van der Waals surface area contributed by atoms with E-state index < -0.39 is 5.91 Å². The number of aromatic nitrogens is 1. The largest absolute Gasteiger partial charge is 0.486 e. The van der Waals surface area contributed by atoms with Crippen molar-refractivity contribution in [3.8, 4) is 17.2 Å². The van der Waals surface area contributed by atoms with Crippen molar-refractivity contribution in [1.29, 1.82) is 0 Å². The van der Waals surface area contributed by atoms with Crippen LogP contribution >= 0.6 is 0 Å². The molecule has 0 fully saturated rings. The molecule has 0 unspecified atom stereocenters. The average Bonchev–Trinajstić information content (AvgIpc) is 2.95. The number of hydrogen-bond acceptors (Lipinski definition) is 4. The number of nitrogens with zero attached hydrogens (tertiary/aromatic N) is 1. The van der Waals surface area contributed by atoms with Crippen LogP contribution in [0.2, 0.25) is 0 Å². The quantitative estimate of drug-likeness (QED) is 0.784. The van der Waals surface area contributed by atoms with E-state index in [0.717, 1.165) is 11.3 Å². The minimum atomic E-state index is -0.463. The molecule has 0 spiro atoms. The van der Waals surface area contributed by atoms with Crippen molar-refractivity contribution >= 4 is 5.91 Å². The lowest BCUT2D eigenvalue weighted by atomic mass is 10.2. The molecule has 5 nitrogen and oxygen atoms in total. The number of primary amides is 1. The van der Waals surface area contributed by atoms with Crippen molar-refractivity contribution in [3.63, 3.8) is 0 Å². The van der Waals surface area contributed by atoms with E-state index in [0.29, 0.717) is 23.0 Å². The molecule has 3 rings (SSSR count). The normalized spacial score (nSPS) is 10.5. The van der Waals surface area contributed by atoms with Crippen LogP contribution < -0.4 is 10.5 Å². The van der Waals surface area contributed by atoms with Crippen LogP contribution in [0.5, 0.6) is 5.75 Å². The van der Waals surface area contributed by atoms with E-state index in [2.05, 4.69) is 4.98 Å². The van der Waals surface area contributed by atoms with Crippen molar-refractivity contribution in [2.45, 2.75) is 13.5 Å². The molecule has 0 aliphatic heterocycles. The summed E-state index contributed by atoms with van der Waals surface area (Å²) in [5, 5.41) is 0. The predicted octanol–water partition coefficient (Wildman–Crippen LogP) is 3.33. The number of benzene rings is 2. The zero-order chi connectivity index (χ0) is 16.2. The maximum Gasteiger partial charge on any atom is 0.248 e. The number of hydrogen-bond donors (Lipinski definition) is 1. The number of carbonyl (C=O) groups excluding carboxylic acids is 1. The Morgan fingerprint density at radius 1 is 1.13 bits per heavy atom. The van der Waals surface area contributed by atoms with Crippen molar-refractivity contribution in [2.75, 3.05) is 0 Å². The second kappa shape index (κ2) is 6.36. The molecule has 116 valence electrons. The van der Waals surface area contributed by atoms with E-state index in [-0.39, 0.29) is 6.61 Å². The third-order valence-electron chi connectivity index (χ3n) is 3.42. The second-order valence-electron chi connectivity index (χ2n) is 5.07. The first-order valence-corrected chi connectivity index (χ1v) is 7.18. The SMILES string of the molecule is Cc1nc(-c2ccccc2)oc1COc1ccc(C(N)=O)cc1. The number of rotatable bonds is 5. The molecule has 23 heavy (non-hydrogen) atoms. The van der Waals surface area contributed by atoms with Gasteiger partial charge in [-0.2, -0.15) is 0 Å². The Balaban J connectivity index is 1.71. The summed E-state index contributed by atoms with van der Waals surface area (Å²) >= 11 is 0. The molecule has 2 aromatic carbocycles. The van der Waals surface area contributed by atoms with Gasteiger partial charge in [0.15, 0.2) is 5.76 Å². The lowest BCUT2D eigenvalue weighted by Crippen LogP contribution is -2.10. The number of carbonyl (C=O) groups is 1. The minimum Gasteiger partial charge on any atom is -0.486 e. The number of ether oxygens (including phenoxy) is 1. The Morgan fingerprint density at radius 3 is 2.48 bits per heavy atom. The fourth-order valence-corrected chi connectivity index (χ4v) is 2.13. The van der Waals surface area contributed by atoms with Gasteiger partial charge in [0.05, 0.1) is 5.69 Å². The molecule has 1 heterocycles. The van der Waals surface area contributed by atoms with Gasteiger partial charge in [0.1, 0.15) is 12.4 Å². The molecule has 5 heteroatoms. The Bertz CT molecular complexity index is 808. The Hall–Kier alpha value is -3.08. The fraction of sp³-hybridized carbons (Fsp3) is 0.111. The topological polar surface area (TPSA) is 78.3 Å². The van der Waals surface area contributed by atoms with Gasteiger partial charge in [0.25, 0.3) is 0 Å². The lowest BCUT2D eigenvalue weighted by molar-refractivity contribution is 0.1000. The van der Waals surface area contributed by atoms with Crippen LogP contribution in [0.1, 0.15) is 21.8 Å². The fourth-order valence-electron chi connectivity index (χ4n) is 2.13. The molecule has 0 radical (unpaired) electrons. The van der Waals surface area contributed by atoms with Crippen LogP contribution in [-0.2, 0) is 6.61 Å². The molecule has 0 saturated heterocycles. The van der Waals surface area contributed by atoms with E-state index in [1.807, 2.05) is 37.3 Å². The number of aryl methyl sites for hydroxylation is 1. The van der Waals surface area contributed by atoms with Crippen LogP contribution in [0.25, 0.3) is 11.5 Å². The summed E-state index contributed by atoms with van der Waals surface area (Å²) in [5.74, 6) is 1.41. The van der Waals surface area contributed by atoms with Gasteiger partial charge in [-0.05, 0) is 43.3 Å². The molecule has 0 bridgehead atoms. The lowest BCUT2D eigenvalue weighted by Gasteiger charge is -2.05. The summed E-state index contributed by atoms with van der Waals surface area (Å²) in [6.45, 7) is 2.15. The van der Waals surface area contributed by atoms with Gasteiger partial charge in [-0.15, -0.1) is 0 Å². The highest BCUT2D eigenvalue weighted by atomic mass is 16.5. The number of nitrogens with two attached hydrogens (primary N) is 1. The zero-order valence-corrected chi connectivity index (χ0v) is 12.7. The van der Waals surface area contributed by atoms with E-state index in [9.17, 15) is 4.79 Å². The Morgan fingerprint density at radius 2 is 1.83 bits per heavy atom. The molecular formula is C18H16N2O3. The third kappa shape index (κ3) is 3.40. The Kier molecular flexibility index (Phi) is 4.10. The van der Waals surface area contributed by atoms with E-state index in [1.165, 1.54) is 0 Å². The minimum absolute atomic E-state index is 0.265. The van der Waals surface area contributed by atoms with Crippen LogP contribution in [0.15, 0.2) is 59.0 Å². The highest BCUT2D eigenvalue weighted by Gasteiger charge is 2.12. The van der Waals surface area contributed by atoms with Crippen LogP contribution in [0.4, 0.5) is 0 Å². The first kappa shape index (κ1) is 14.8. The maximum absolute atomic E-state index is 11.0. The third-order valence-corrected chi connectivity index (χ3v) is 3.42. The highest BCUT2D eigenvalue weighted by Crippen LogP contribution is 2.23. The second-order valence-corrected chi connectivity index (χ2v) is 5.07. The summed E-state index contributed by atoms with van der Waals surface area (Å²) in [5.41, 5.74) is 7.36. The summed E-state index contributed by atoms with van der Waals surface area (Å²) in [4.78, 5) is 15.5. The van der Waals surface area contributed by atoms with Crippen molar-refractivity contribution in [3.05, 3.63) is 71.6 Å². The van der Waals surface area contributed by atoms with E-state index in [1.54, 1.807) is 24.3 Å². The van der Waals surface area contributed by atoms with Gasteiger partial charge in [-0.1, -0.05) is 18.2 Å². The van der Waals surface area contributed by atoms with Gasteiger partial charge >= 0.3 is 0 Å². The first-order valence-electron chi connectivity index (χ1n) is 7.18. The maximum atomic E-state index is 11.0.